The number of carbonyl (C=O) groups is 1. The highest BCUT2D eigenvalue weighted by molar-refractivity contribution is 5.74. The first kappa shape index (κ1) is 16.9. The average Bonchev–Trinajstić information content (AvgIpc) is 2.54. The molecule has 0 aliphatic rings. The summed E-state index contributed by atoms with van der Waals surface area (Å²) in [6.07, 6.45) is 0. The predicted octanol–water partition coefficient (Wildman–Crippen LogP) is 2.59. The van der Waals surface area contributed by atoms with Crippen molar-refractivity contribution < 1.29 is 19.7 Å². The maximum Gasteiger partial charge on any atom is 0.350 e. The SMILES string of the molecule is O=C(O)CN(Cc1cccc([N+](=O)[O-])c1[N+](=O)[O-])c1ccccc1. The third kappa shape index (κ3) is 3.83. The van der Waals surface area contributed by atoms with Crippen LogP contribution < -0.4 is 4.90 Å². The second-order valence-electron chi connectivity index (χ2n) is 4.88. The number of carboxylic acids is 1. The monoisotopic (exact) mass is 331 g/mol. The van der Waals surface area contributed by atoms with Crippen LogP contribution in [0.25, 0.3) is 0 Å². The Morgan fingerprint density at radius 3 is 2.21 bits per heavy atom. The molecule has 2 aromatic rings. The fourth-order valence-electron chi connectivity index (χ4n) is 2.31. The largest absolute Gasteiger partial charge is 0.480 e. The van der Waals surface area contributed by atoms with Crippen molar-refractivity contribution in [2.45, 2.75) is 6.54 Å². The Kier molecular flexibility index (Phi) is 5.05. The van der Waals surface area contributed by atoms with Crippen molar-refractivity contribution in [3.63, 3.8) is 0 Å². The molecule has 0 spiro atoms. The van der Waals surface area contributed by atoms with Gasteiger partial charge in [-0.05, 0) is 18.2 Å². The predicted molar refractivity (Wildman–Crippen MR) is 84.9 cm³/mol. The molecule has 0 aromatic heterocycles. The second-order valence-corrected chi connectivity index (χ2v) is 4.88. The summed E-state index contributed by atoms with van der Waals surface area (Å²) in [5.41, 5.74) is -0.644. The third-order valence-electron chi connectivity index (χ3n) is 3.29. The van der Waals surface area contributed by atoms with Crippen LogP contribution >= 0.6 is 0 Å². The van der Waals surface area contributed by atoms with Crippen LogP contribution in [0.15, 0.2) is 48.5 Å². The van der Waals surface area contributed by atoms with E-state index in [0.29, 0.717) is 5.69 Å². The minimum atomic E-state index is -1.12. The molecule has 0 aliphatic carbocycles. The zero-order valence-corrected chi connectivity index (χ0v) is 12.4. The second kappa shape index (κ2) is 7.18. The molecule has 0 aliphatic heterocycles. The summed E-state index contributed by atoms with van der Waals surface area (Å²) in [7, 11) is 0. The van der Waals surface area contributed by atoms with Gasteiger partial charge in [-0.3, -0.25) is 25.0 Å². The van der Waals surface area contributed by atoms with Gasteiger partial charge in [-0.2, -0.15) is 0 Å². The Morgan fingerprint density at radius 1 is 1.00 bits per heavy atom. The minimum Gasteiger partial charge on any atom is -0.480 e. The molecule has 1 N–H and O–H groups in total. The number of nitro benzene ring substituents is 2. The minimum absolute atomic E-state index is 0.0688. The number of aliphatic carboxylic acids is 1. The Balaban J connectivity index is 2.46. The topological polar surface area (TPSA) is 127 Å². The first-order valence-electron chi connectivity index (χ1n) is 6.82. The lowest BCUT2D eigenvalue weighted by Crippen LogP contribution is -2.29. The summed E-state index contributed by atoms with van der Waals surface area (Å²) in [6, 6.07) is 12.2. The average molecular weight is 331 g/mol. The summed E-state index contributed by atoms with van der Waals surface area (Å²) >= 11 is 0. The molecular weight excluding hydrogens is 318 g/mol. The highest BCUT2D eigenvalue weighted by Crippen LogP contribution is 2.32. The summed E-state index contributed by atoms with van der Waals surface area (Å²) in [4.78, 5) is 33.1. The lowest BCUT2D eigenvalue weighted by molar-refractivity contribution is -0.423. The van der Waals surface area contributed by atoms with Crippen LogP contribution in [0.1, 0.15) is 5.56 Å². The number of carboxylic acid groups (broad SMARTS) is 1. The highest BCUT2D eigenvalue weighted by Gasteiger charge is 2.29. The van der Waals surface area contributed by atoms with Gasteiger partial charge >= 0.3 is 17.3 Å². The number of hydrogen-bond acceptors (Lipinski definition) is 6. The van der Waals surface area contributed by atoms with E-state index in [2.05, 4.69) is 0 Å². The van der Waals surface area contributed by atoms with Crippen LogP contribution in [0.4, 0.5) is 17.1 Å². The van der Waals surface area contributed by atoms with Crippen LogP contribution in [0.3, 0.4) is 0 Å². The quantitative estimate of drug-likeness (QED) is 0.610. The Bertz CT molecular complexity index is 778. The highest BCUT2D eigenvalue weighted by atomic mass is 16.6. The zero-order valence-electron chi connectivity index (χ0n) is 12.4. The van der Waals surface area contributed by atoms with Gasteiger partial charge in [0.25, 0.3) is 0 Å². The van der Waals surface area contributed by atoms with E-state index in [1.54, 1.807) is 30.3 Å². The number of para-hydroxylation sites is 2. The summed E-state index contributed by atoms with van der Waals surface area (Å²) in [5.74, 6) is -1.12. The fourth-order valence-corrected chi connectivity index (χ4v) is 2.31. The van der Waals surface area contributed by atoms with E-state index in [1.165, 1.54) is 17.0 Å². The van der Waals surface area contributed by atoms with Gasteiger partial charge in [-0.15, -0.1) is 0 Å². The molecule has 0 saturated heterocycles. The van der Waals surface area contributed by atoms with Gasteiger partial charge in [0.15, 0.2) is 0 Å². The van der Waals surface area contributed by atoms with Crippen LogP contribution in [-0.2, 0) is 11.3 Å². The van der Waals surface area contributed by atoms with Crippen molar-refractivity contribution in [3.05, 3.63) is 74.3 Å². The van der Waals surface area contributed by atoms with E-state index in [4.69, 9.17) is 5.11 Å². The molecular formula is C15H13N3O6. The summed E-state index contributed by atoms with van der Waals surface area (Å²) in [6.45, 7) is -0.543. The van der Waals surface area contributed by atoms with Gasteiger partial charge in [0.2, 0.25) is 0 Å². The number of benzene rings is 2. The van der Waals surface area contributed by atoms with Gasteiger partial charge in [0.05, 0.1) is 22.0 Å². The van der Waals surface area contributed by atoms with E-state index in [1.807, 2.05) is 0 Å². The van der Waals surface area contributed by atoms with Crippen molar-refractivity contribution in [3.8, 4) is 0 Å². The van der Waals surface area contributed by atoms with Crippen molar-refractivity contribution >= 4 is 23.0 Å². The fraction of sp³-hybridized carbons (Fsp3) is 0.133. The molecule has 0 amide bonds. The van der Waals surface area contributed by atoms with Gasteiger partial charge in [-0.25, -0.2) is 0 Å². The number of anilines is 1. The van der Waals surface area contributed by atoms with Gasteiger partial charge < -0.3 is 10.0 Å². The molecule has 0 bridgehead atoms. The van der Waals surface area contributed by atoms with Gasteiger partial charge in [0.1, 0.15) is 6.54 Å². The normalized spacial score (nSPS) is 10.2. The van der Waals surface area contributed by atoms with E-state index >= 15 is 0 Å². The molecule has 24 heavy (non-hydrogen) atoms. The first-order chi connectivity index (χ1) is 11.4. The standard InChI is InChI=1S/C15H13N3O6/c19-14(20)10-16(12-6-2-1-3-7-12)9-11-5-4-8-13(17(21)22)15(11)18(23)24/h1-8H,9-10H2,(H,19,20). The maximum absolute atomic E-state index is 11.3. The summed E-state index contributed by atoms with van der Waals surface area (Å²) < 4.78 is 0. The molecule has 2 aromatic carbocycles. The van der Waals surface area contributed by atoms with Crippen LogP contribution in [0.5, 0.6) is 0 Å². The zero-order chi connectivity index (χ0) is 17.7. The van der Waals surface area contributed by atoms with Crippen molar-refractivity contribution in [2.24, 2.45) is 0 Å². The van der Waals surface area contributed by atoms with E-state index in [-0.39, 0.29) is 12.1 Å². The number of nitro groups is 2. The number of hydrogen-bond donors (Lipinski definition) is 1. The molecule has 0 heterocycles. The lowest BCUT2D eigenvalue weighted by Gasteiger charge is -2.22. The smallest absolute Gasteiger partial charge is 0.350 e. The molecule has 0 saturated carbocycles. The van der Waals surface area contributed by atoms with Gasteiger partial charge in [0, 0.05) is 11.8 Å². The van der Waals surface area contributed by atoms with Crippen molar-refractivity contribution in [1.29, 1.82) is 0 Å². The first-order valence-corrected chi connectivity index (χ1v) is 6.82. The van der Waals surface area contributed by atoms with Crippen LogP contribution in [0.2, 0.25) is 0 Å². The molecule has 0 radical (unpaired) electrons. The maximum atomic E-state index is 11.3. The van der Waals surface area contributed by atoms with E-state index in [0.717, 1.165) is 6.07 Å². The third-order valence-corrected chi connectivity index (χ3v) is 3.29. The molecule has 0 atom stereocenters. The van der Waals surface area contributed by atoms with Gasteiger partial charge in [-0.1, -0.05) is 24.3 Å². The molecule has 0 fully saturated rings. The van der Waals surface area contributed by atoms with Crippen LogP contribution in [-0.4, -0.2) is 27.5 Å². The molecule has 0 unspecified atom stereocenters. The van der Waals surface area contributed by atoms with E-state index < -0.39 is 33.7 Å². The van der Waals surface area contributed by atoms with E-state index in [9.17, 15) is 25.0 Å². The number of rotatable bonds is 7. The summed E-state index contributed by atoms with van der Waals surface area (Å²) in [5, 5.41) is 31.3. The molecule has 124 valence electrons. The Morgan fingerprint density at radius 2 is 1.67 bits per heavy atom. The molecule has 9 nitrogen and oxygen atoms in total. The molecule has 9 heteroatoms. The van der Waals surface area contributed by atoms with Crippen molar-refractivity contribution in [1.82, 2.24) is 0 Å². The lowest BCUT2D eigenvalue weighted by atomic mass is 10.1. The number of nitrogens with zero attached hydrogens (tertiary/aromatic N) is 3. The Labute approximate surface area is 136 Å². The van der Waals surface area contributed by atoms with Crippen molar-refractivity contribution in [2.75, 3.05) is 11.4 Å². The Hall–Kier alpha value is -3.49. The van der Waals surface area contributed by atoms with Crippen LogP contribution in [0, 0.1) is 20.2 Å². The molecule has 2 rings (SSSR count).